The van der Waals surface area contributed by atoms with Gasteiger partial charge in [-0.1, -0.05) is 25.5 Å². The summed E-state index contributed by atoms with van der Waals surface area (Å²) in [6.45, 7) is 3.16. The molecule has 0 aliphatic carbocycles. The number of benzene rings is 4. The second-order valence-electron chi connectivity index (χ2n) is 9.06. The van der Waals surface area contributed by atoms with Crippen molar-refractivity contribution in [3.63, 3.8) is 0 Å². The van der Waals surface area contributed by atoms with Crippen LogP contribution in [0.2, 0.25) is 0 Å². The topological polar surface area (TPSA) is 9.23 Å². The van der Waals surface area contributed by atoms with Gasteiger partial charge in [-0.05, 0) is 78.9 Å². The van der Waals surface area contributed by atoms with E-state index in [1.807, 2.05) is 6.92 Å². The second kappa shape index (κ2) is 11.1. The van der Waals surface area contributed by atoms with E-state index in [0.717, 1.165) is 37.1 Å². The van der Waals surface area contributed by atoms with Crippen LogP contribution in [0.5, 0.6) is 5.75 Å². The van der Waals surface area contributed by atoms with E-state index in [1.54, 1.807) is 6.07 Å². The zero-order chi connectivity index (χ0) is 28.5. The summed E-state index contributed by atoms with van der Waals surface area (Å²) in [7, 11) is 0. The minimum atomic E-state index is -4.59. The molecule has 0 saturated carbocycles. The molecule has 0 radical (unpaired) electrons. The number of rotatable bonds is 8. The van der Waals surface area contributed by atoms with Gasteiger partial charge in [0.1, 0.15) is 46.2 Å². The highest BCUT2D eigenvalue weighted by Crippen LogP contribution is 2.38. The molecular weight excluding hydrogens is 528 g/mol. The molecule has 1 nitrogen and oxygen atoms in total. The molecule has 4 aromatic carbocycles. The Morgan fingerprint density at radius 3 is 1.67 bits per heavy atom. The third kappa shape index (κ3) is 5.92. The van der Waals surface area contributed by atoms with E-state index in [4.69, 9.17) is 0 Å². The summed E-state index contributed by atoms with van der Waals surface area (Å²) in [5.41, 5.74) is -2.31. The largest absolute Gasteiger partial charge is 0.432 e. The predicted molar refractivity (Wildman–Crippen MR) is 131 cm³/mol. The average Bonchev–Trinajstić information content (AvgIpc) is 2.85. The number of ether oxygens (including phenoxy) is 1. The van der Waals surface area contributed by atoms with Gasteiger partial charge in [0, 0.05) is 22.8 Å². The maximum absolute atomic E-state index is 14.9. The lowest BCUT2D eigenvalue weighted by Crippen LogP contribution is -2.25. The Bertz CT molecular complexity index is 1480. The lowest BCUT2D eigenvalue weighted by atomic mass is 9.99. The van der Waals surface area contributed by atoms with Crippen LogP contribution in [0.3, 0.4) is 0 Å². The molecule has 0 heterocycles. The first-order valence-electron chi connectivity index (χ1n) is 12.0. The molecule has 9 heteroatoms. The zero-order valence-electron chi connectivity index (χ0n) is 20.8. The van der Waals surface area contributed by atoms with Gasteiger partial charge in [0.25, 0.3) is 0 Å². The summed E-state index contributed by atoms with van der Waals surface area (Å²) < 4.78 is 121. The van der Waals surface area contributed by atoms with E-state index in [1.165, 1.54) is 19.1 Å². The Balaban J connectivity index is 1.61. The molecule has 0 aliphatic rings. The van der Waals surface area contributed by atoms with Gasteiger partial charge in [-0.2, -0.15) is 8.78 Å². The monoisotopic (exact) mass is 550 g/mol. The minimum absolute atomic E-state index is 0.175. The minimum Gasteiger partial charge on any atom is -0.429 e. The van der Waals surface area contributed by atoms with Gasteiger partial charge in [-0.25, -0.2) is 26.3 Å². The molecule has 4 rings (SSSR count). The van der Waals surface area contributed by atoms with Gasteiger partial charge >= 0.3 is 6.11 Å². The van der Waals surface area contributed by atoms with E-state index < -0.39 is 52.3 Å². The molecule has 0 unspecified atom stereocenters. The molecule has 4 aromatic rings. The number of halogens is 8. The molecule has 0 fully saturated rings. The van der Waals surface area contributed by atoms with Gasteiger partial charge in [0.05, 0.1) is 0 Å². The molecule has 0 N–H and O–H groups in total. The third-order valence-electron chi connectivity index (χ3n) is 6.28. The van der Waals surface area contributed by atoms with Crippen LogP contribution in [-0.2, 0) is 12.5 Å². The molecule has 0 saturated heterocycles. The van der Waals surface area contributed by atoms with E-state index in [2.05, 4.69) is 4.74 Å². The van der Waals surface area contributed by atoms with Gasteiger partial charge in [0.15, 0.2) is 0 Å². The number of alkyl halides is 2. The van der Waals surface area contributed by atoms with Crippen molar-refractivity contribution in [1.82, 2.24) is 0 Å². The van der Waals surface area contributed by atoms with E-state index in [9.17, 15) is 35.1 Å². The first kappa shape index (κ1) is 28.1. The maximum Gasteiger partial charge on any atom is 0.432 e. The van der Waals surface area contributed by atoms with Crippen molar-refractivity contribution in [2.45, 2.75) is 39.2 Å². The Morgan fingerprint density at radius 1 is 0.641 bits per heavy atom. The van der Waals surface area contributed by atoms with Crippen molar-refractivity contribution in [3.05, 3.63) is 112 Å². The Hall–Kier alpha value is -3.88. The van der Waals surface area contributed by atoms with Gasteiger partial charge in [-0.15, -0.1) is 0 Å². The van der Waals surface area contributed by atoms with Crippen LogP contribution < -0.4 is 4.74 Å². The fourth-order valence-corrected chi connectivity index (χ4v) is 4.13. The average molecular weight is 550 g/mol. The lowest BCUT2D eigenvalue weighted by Gasteiger charge is -2.20. The Labute approximate surface area is 219 Å². The second-order valence-corrected chi connectivity index (χ2v) is 9.06. The van der Waals surface area contributed by atoms with Crippen molar-refractivity contribution in [1.29, 1.82) is 0 Å². The van der Waals surface area contributed by atoms with Crippen LogP contribution in [0.25, 0.3) is 22.3 Å². The molecule has 204 valence electrons. The van der Waals surface area contributed by atoms with Crippen LogP contribution in [0.15, 0.2) is 60.7 Å². The summed E-state index contributed by atoms with van der Waals surface area (Å²) in [4.78, 5) is 0. The van der Waals surface area contributed by atoms with Crippen molar-refractivity contribution >= 4 is 0 Å². The van der Waals surface area contributed by atoms with Gasteiger partial charge in [0.2, 0.25) is 0 Å². The summed E-state index contributed by atoms with van der Waals surface area (Å²) in [6.07, 6.45) is -2.27. The standard InChI is InChI=1S/C30H22F8O/c1-3-4-5-17-6-8-21(25(33)10-17)19-13-27(35)29(28(36)14-19)30(37,38)39-20-7-9-22(26(34)15-20)18-11-23(31)16(2)24(32)12-18/h6-15H,3-5H2,1-2H3. The van der Waals surface area contributed by atoms with E-state index in [0.29, 0.717) is 30.2 Å². The summed E-state index contributed by atoms with van der Waals surface area (Å²) in [5.74, 6) is -8.00. The third-order valence-corrected chi connectivity index (χ3v) is 6.28. The van der Waals surface area contributed by atoms with E-state index >= 15 is 0 Å². The fraction of sp³-hybridized carbons (Fsp3) is 0.200. The summed E-state index contributed by atoms with van der Waals surface area (Å²) >= 11 is 0. The fourth-order valence-electron chi connectivity index (χ4n) is 4.13. The molecule has 0 amide bonds. The predicted octanol–water partition coefficient (Wildman–Crippen LogP) is 9.63. The number of hydrogen-bond acceptors (Lipinski definition) is 1. The number of unbranched alkanes of at least 4 members (excludes halogenated alkanes) is 1. The van der Waals surface area contributed by atoms with Crippen molar-refractivity contribution in [2.24, 2.45) is 0 Å². The van der Waals surface area contributed by atoms with Gasteiger partial charge in [-0.3, -0.25) is 0 Å². The van der Waals surface area contributed by atoms with Crippen molar-refractivity contribution in [3.8, 4) is 28.0 Å². The van der Waals surface area contributed by atoms with Crippen LogP contribution in [-0.4, -0.2) is 0 Å². The zero-order valence-corrected chi connectivity index (χ0v) is 20.8. The lowest BCUT2D eigenvalue weighted by molar-refractivity contribution is -0.189. The highest BCUT2D eigenvalue weighted by Gasteiger charge is 2.41. The molecule has 0 spiro atoms. The molecule has 0 aromatic heterocycles. The smallest absolute Gasteiger partial charge is 0.429 e. The highest BCUT2D eigenvalue weighted by atomic mass is 19.3. The summed E-state index contributed by atoms with van der Waals surface area (Å²) in [6, 6.07) is 9.30. The van der Waals surface area contributed by atoms with Crippen LogP contribution >= 0.6 is 0 Å². The molecule has 0 bridgehead atoms. The first-order valence-corrected chi connectivity index (χ1v) is 12.0. The molecule has 0 atom stereocenters. The maximum atomic E-state index is 14.9. The normalized spacial score (nSPS) is 11.6. The highest BCUT2D eigenvalue weighted by molar-refractivity contribution is 5.66. The molecular formula is C30H22F8O. The van der Waals surface area contributed by atoms with Crippen molar-refractivity contribution < 1.29 is 39.9 Å². The quantitative estimate of drug-likeness (QED) is 0.199. The van der Waals surface area contributed by atoms with Crippen molar-refractivity contribution in [2.75, 3.05) is 0 Å². The Kier molecular flexibility index (Phi) is 7.99. The molecule has 0 aliphatic heterocycles. The molecule has 39 heavy (non-hydrogen) atoms. The van der Waals surface area contributed by atoms with Crippen LogP contribution in [0.1, 0.15) is 36.5 Å². The number of aryl methyl sites for hydroxylation is 1. The van der Waals surface area contributed by atoms with Crippen LogP contribution in [0.4, 0.5) is 35.1 Å². The first-order chi connectivity index (χ1) is 18.4. The Morgan fingerprint density at radius 2 is 1.15 bits per heavy atom. The van der Waals surface area contributed by atoms with Crippen LogP contribution in [0, 0.1) is 41.8 Å². The van der Waals surface area contributed by atoms with E-state index in [-0.39, 0.29) is 27.8 Å². The number of hydrogen-bond donors (Lipinski definition) is 0. The summed E-state index contributed by atoms with van der Waals surface area (Å²) in [5, 5.41) is 0. The SMILES string of the molecule is CCCCc1ccc(-c2cc(F)c(C(F)(F)Oc3ccc(-c4cc(F)c(C)c(F)c4)c(F)c3)c(F)c2)c(F)c1. The van der Waals surface area contributed by atoms with Gasteiger partial charge < -0.3 is 4.74 Å².